The molecule has 0 aliphatic heterocycles. The summed E-state index contributed by atoms with van der Waals surface area (Å²) >= 11 is 0. The van der Waals surface area contributed by atoms with Crippen LogP contribution in [0, 0.1) is 0 Å². The third kappa shape index (κ3) is 16.1. The SMILES string of the molecule is CC=CCCCCCCCCCCCCCCCCCCCCC(CC)([P+](=O)[O-])[N+](C)(C)C. The zero-order chi connectivity index (χ0) is 24.8. The predicted molar refractivity (Wildman–Crippen MR) is 146 cm³/mol. The lowest BCUT2D eigenvalue weighted by Crippen LogP contribution is -2.55. The summed E-state index contributed by atoms with van der Waals surface area (Å²) in [6.45, 7) is 4.13. The predicted octanol–water partition coefficient (Wildman–Crippen LogP) is 9.28. The van der Waals surface area contributed by atoms with Gasteiger partial charge in [-0.15, -0.1) is 0 Å². The molecule has 0 N–H and O–H groups in total. The Hall–Kier alpha value is -0.240. The van der Waals surface area contributed by atoms with Crippen LogP contribution in [0.1, 0.15) is 149 Å². The molecule has 0 bridgehead atoms. The minimum Gasteiger partial charge on any atom is -0.590 e. The van der Waals surface area contributed by atoms with Crippen LogP contribution in [-0.2, 0) is 4.57 Å². The molecule has 0 saturated heterocycles. The fourth-order valence-corrected chi connectivity index (χ4v) is 6.21. The van der Waals surface area contributed by atoms with Gasteiger partial charge in [-0.05, 0) is 26.2 Å². The van der Waals surface area contributed by atoms with Crippen molar-refractivity contribution in [2.75, 3.05) is 21.1 Å². The van der Waals surface area contributed by atoms with E-state index in [1.54, 1.807) is 0 Å². The topological polar surface area (TPSA) is 40.1 Å². The van der Waals surface area contributed by atoms with Gasteiger partial charge in [-0.3, -0.25) is 4.48 Å². The molecule has 0 amide bonds. The second kappa shape index (κ2) is 21.1. The molecule has 2 unspecified atom stereocenters. The molecule has 0 aromatic rings. The standard InChI is InChI=1S/C29H59NO2P/c1-6-8-9-10-11-12-13-14-15-16-17-18-19-20-21-22-23-24-25-26-27-28-29(7-2,33(31)32)30(3,4)5/h6,8H,7,9-28H2,1-5H3/q+1. The highest BCUT2D eigenvalue weighted by Gasteiger charge is 2.52. The van der Waals surface area contributed by atoms with Crippen molar-refractivity contribution in [3.63, 3.8) is 0 Å². The molecule has 0 aromatic heterocycles. The Morgan fingerprint density at radius 2 is 1.00 bits per heavy atom. The minimum atomic E-state index is -2.41. The van der Waals surface area contributed by atoms with E-state index < -0.39 is 13.3 Å². The number of unbranched alkanes of at least 4 members (excludes halogenated alkanes) is 18. The van der Waals surface area contributed by atoms with Gasteiger partial charge in [0.05, 0.1) is 21.1 Å². The van der Waals surface area contributed by atoms with Gasteiger partial charge in [0.15, 0.2) is 0 Å². The average molecular weight is 485 g/mol. The van der Waals surface area contributed by atoms with Crippen molar-refractivity contribution in [3.8, 4) is 0 Å². The third-order valence-electron chi connectivity index (χ3n) is 7.59. The van der Waals surface area contributed by atoms with Crippen LogP contribution >= 0.6 is 8.03 Å². The average Bonchev–Trinajstić information content (AvgIpc) is 2.76. The van der Waals surface area contributed by atoms with E-state index in [0.29, 0.717) is 10.9 Å². The monoisotopic (exact) mass is 484 g/mol. The van der Waals surface area contributed by atoms with Crippen LogP contribution in [0.4, 0.5) is 0 Å². The lowest BCUT2D eigenvalue weighted by Gasteiger charge is -2.39. The molecule has 0 fully saturated rings. The molecule has 0 aromatic carbocycles. The van der Waals surface area contributed by atoms with Crippen molar-refractivity contribution in [2.45, 2.75) is 154 Å². The molecular weight excluding hydrogens is 425 g/mol. The largest absolute Gasteiger partial charge is 0.590 e. The van der Waals surface area contributed by atoms with Crippen LogP contribution in [0.15, 0.2) is 12.2 Å². The maximum atomic E-state index is 12.0. The van der Waals surface area contributed by atoms with E-state index in [1.807, 2.05) is 28.1 Å². The van der Waals surface area contributed by atoms with Crippen molar-refractivity contribution in [1.29, 1.82) is 0 Å². The van der Waals surface area contributed by atoms with Gasteiger partial charge < -0.3 is 4.89 Å². The van der Waals surface area contributed by atoms with Gasteiger partial charge in [0.1, 0.15) is 0 Å². The first kappa shape index (κ1) is 32.8. The van der Waals surface area contributed by atoms with E-state index in [4.69, 9.17) is 0 Å². The van der Waals surface area contributed by atoms with Gasteiger partial charge in [0, 0.05) is 12.8 Å². The molecule has 196 valence electrons. The highest BCUT2D eigenvalue weighted by Crippen LogP contribution is 2.44. The summed E-state index contributed by atoms with van der Waals surface area (Å²) in [6, 6.07) is 0. The van der Waals surface area contributed by atoms with E-state index >= 15 is 0 Å². The van der Waals surface area contributed by atoms with Crippen LogP contribution in [0.5, 0.6) is 0 Å². The van der Waals surface area contributed by atoms with Crippen molar-refractivity contribution in [1.82, 2.24) is 0 Å². The highest BCUT2D eigenvalue weighted by atomic mass is 31.1. The molecule has 0 aliphatic rings. The molecular formula is C29H59NO2P+. The summed E-state index contributed by atoms with van der Waals surface area (Å²) < 4.78 is 12.5. The maximum absolute atomic E-state index is 12.0. The van der Waals surface area contributed by atoms with E-state index in [1.165, 1.54) is 116 Å². The van der Waals surface area contributed by atoms with Gasteiger partial charge >= 0.3 is 8.03 Å². The van der Waals surface area contributed by atoms with E-state index in [-0.39, 0.29) is 0 Å². The van der Waals surface area contributed by atoms with Crippen molar-refractivity contribution in [2.24, 2.45) is 0 Å². The highest BCUT2D eigenvalue weighted by molar-refractivity contribution is 7.38. The van der Waals surface area contributed by atoms with Crippen LogP contribution < -0.4 is 4.89 Å². The Balaban J connectivity index is 3.43. The summed E-state index contributed by atoms with van der Waals surface area (Å²) in [7, 11) is 3.64. The van der Waals surface area contributed by atoms with Gasteiger partial charge in [-0.2, -0.15) is 0 Å². The molecule has 3 nitrogen and oxygen atoms in total. The number of hydrogen-bond donors (Lipinski definition) is 0. The lowest BCUT2D eigenvalue weighted by molar-refractivity contribution is -0.910. The van der Waals surface area contributed by atoms with Crippen molar-refractivity contribution < 1.29 is 13.9 Å². The first-order valence-electron chi connectivity index (χ1n) is 14.4. The molecule has 2 atom stereocenters. The van der Waals surface area contributed by atoms with Gasteiger partial charge in [-0.1, -0.05) is 126 Å². The second-order valence-corrected chi connectivity index (χ2v) is 12.4. The number of nitrogens with zero attached hydrogens (tertiary/aromatic N) is 1. The first-order chi connectivity index (χ1) is 15.8. The zero-order valence-electron chi connectivity index (χ0n) is 23.2. The second-order valence-electron chi connectivity index (χ2n) is 11.1. The summed E-state index contributed by atoms with van der Waals surface area (Å²) in [6.07, 6.45) is 31.7. The normalized spacial score (nSPS) is 14.7. The molecule has 33 heavy (non-hydrogen) atoms. The Kier molecular flexibility index (Phi) is 20.9. The molecule has 0 heterocycles. The quantitative estimate of drug-likeness (QED) is 0.0592. The molecule has 0 spiro atoms. The minimum absolute atomic E-state index is 0.513. The van der Waals surface area contributed by atoms with E-state index in [9.17, 15) is 9.46 Å². The molecule has 0 rings (SSSR count). The number of quaternary nitrogens is 1. The molecule has 0 radical (unpaired) electrons. The Morgan fingerprint density at radius 1 is 0.667 bits per heavy atom. The maximum Gasteiger partial charge on any atom is 0.376 e. The first-order valence-corrected chi connectivity index (χ1v) is 15.6. The summed E-state index contributed by atoms with van der Waals surface area (Å²) in [5, 5.41) is -0.596. The Morgan fingerprint density at radius 3 is 1.27 bits per heavy atom. The number of hydrogen-bond acceptors (Lipinski definition) is 2. The molecule has 0 saturated carbocycles. The summed E-state index contributed by atoms with van der Waals surface area (Å²) in [4.78, 5) is 12.0. The van der Waals surface area contributed by atoms with Crippen molar-refractivity contribution in [3.05, 3.63) is 12.2 Å². The fraction of sp³-hybridized carbons (Fsp3) is 0.931. The number of allylic oxidation sites excluding steroid dienone is 2. The van der Waals surface area contributed by atoms with Crippen molar-refractivity contribution >= 4 is 8.03 Å². The number of rotatable bonds is 24. The van der Waals surface area contributed by atoms with E-state index in [0.717, 1.165) is 12.8 Å². The smallest absolute Gasteiger partial charge is 0.376 e. The molecule has 0 aliphatic carbocycles. The zero-order valence-corrected chi connectivity index (χ0v) is 24.1. The van der Waals surface area contributed by atoms with Crippen LogP contribution in [0.3, 0.4) is 0 Å². The Bertz CT molecular complexity index is 487. The fourth-order valence-electron chi connectivity index (χ4n) is 5.12. The summed E-state index contributed by atoms with van der Waals surface area (Å²) in [5.74, 6) is 0. The van der Waals surface area contributed by atoms with Crippen LogP contribution in [0.25, 0.3) is 0 Å². The van der Waals surface area contributed by atoms with Gasteiger partial charge in [0.2, 0.25) is 0 Å². The van der Waals surface area contributed by atoms with Crippen LogP contribution in [-0.4, -0.2) is 30.9 Å². The third-order valence-corrected chi connectivity index (χ3v) is 9.41. The Labute approximate surface area is 209 Å². The van der Waals surface area contributed by atoms with Gasteiger partial charge in [0.25, 0.3) is 5.28 Å². The van der Waals surface area contributed by atoms with E-state index in [2.05, 4.69) is 19.1 Å². The summed E-state index contributed by atoms with van der Waals surface area (Å²) in [5.41, 5.74) is 0. The van der Waals surface area contributed by atoms with Gasteiger partial charge in [-0.25, -0.2) is 0 Å². The van der Waals surface area contributed by atoms with Crippen LogP contribution in [0.2, 0.25) is 0 Å². The molecule has 4 heteroatoms. The lowest BCUT2D eigenvalue weighted by atomic mass is 10.0.